The Bertz CT molecular complexity index is 386. The van der Waals surface area contributed by atoms with E-state index in [1.54, 1.807) is 0 Å². The molecule has 1 aliphatic rings. The third-order valence-corrected chi connectivity index (χ3v) is 4.42. The van der Waals surface area contributed by atoms with Crippen molar-refractivity contribution in [3.8, 4) is 0 Å². The van der Waals surface area contributed by atoms with Crippen LogP contribution in [0.2, 0.25) is 0 Å². The molecule has 3 nitrogen and oxygen atoms in total. The van der Waals surface area contributed by atoms with E-state index in [0.717, 1.165) is 13.1 Å². The minimum absolute atomic E-state index is 0.138. The van der Waals surface area contributed by atoms with Crippen molar-refractivity contribution in [3.05, 3.63) is 10.6 Å². The van der Waals surface area contributed by atoms with Crippen molar-refractivity contribution in [1.82, 2.24) is 10.3 Å². The molecule has 0 atom stereocenters. The molecule has 0 amide bonds. The average Bonchev–Trinajstić information content (AvgIpc) is 2.93. The number of aromatic nitrogens is 1. The standard InChI is InChI=1S/C14H25N3S/c1-5-15-10-11-12(14(2,3)4)16-13(18-11)17-8-6-7-9-17/h15H,5-10H2,1-4H3. The van der Waals surface area contributed by atoms with Gasteiger partial charge in [0.1, 0.15) is 0 Å². The van der Waals surface area contributed by atoms with Crippen LogP contribution in [0.1, 0.15) is 51.1 Å². The van der Waals surface area contributed by atoms with Crippen molar-refractivity contribution in [2.75, 3.05) is 24.5 Å². The molecular weight excluding hydrogens is 242 g/mol. The first kappa shape index (κ1) is 13.8. The summed E-state index contributed by atoms with van der Waals surface area (Å²) < 4.78 is 0. The van der Waals surface area contributed by atoms with Crippen LogP contribution in [0, 0.1) is 0 Å². The van der Waals surface area contributed by atoms with Crippen LogP contribution < -0.4 is 10.2 Å². The monoisotopic (exact) mass is 267 g/mol. The smallest absolute Gasteiger partial charge is 0.185 e. The highest BCUT2D eigenvalue weighted by Crippen LogP contribution is 2.34. The van der Waals surface area contributed by atoms with Gasteiger partial charge in [-0.25, -0.2) is 4.98 Å². The molecule has 1 aromatic heterocycles. The molecule has 0 aliphatic carbocycles. The fourth-order valence-corrected chi connectivity index (χ4v) is 3.62. The molecule has 1 aliphatic heterocycles. The Hall–Kier alpha value is -0.610. The second kappa shape index (κ2) is 5.57. The van der Waals surface area contributed by atoms with Gasteiger partial charge in [0.05, 0.1) is 5.69 Å². The van der Waals surface area contributed by atoms with Crippen molar-refractivity contribution in [3.63, 3.8) is 0 Å². The number of anilines is 1. The Kier molecular flexibility index (Phi) is 4.28. The van der Waals surface area contributed by atoms with Crippen LogP contribution in [0.4, 0.5) is 5.13 Å². The number of nitrogens with one attached hydrogen (secondary N) is 1. The lowest BCUT2D eigenvalue weighted by Crippen LogP contribution is -2.19. The largest absolute Gasteiger partial charge is 0.348 e. The molecule has 2 heterocycles. The van der Waals surface area contributed by atoms with Crippen molar-refractivity contribution in [1.29, 1.82) is 0 Å². The van der Waals surface area contributed by atoms with Gasteiger partial charge < -0.3 is 10.2 Å². The predicted octanol–water partition coefficient (Wildman–Crippen LogP) is 3.15. The van der Waals surface area contributed by atoms with Crippen LogP contribution >= 0.6 is 11.3 Å². The topological polar surface area (TPSA) is 28.2 Å². The second-order valence-corrected chi connectivity index (χ2v) is 7.05. The van der Waals surface area contributed by atoms with Gasteiger partial charge in [-0.1, -0.05) is 27.7 Å². The summed E-state index contributed by atoms with van der Waals surface area (Å²) in [5, 5.41) is 4.66. The molecule has 1 saturated heterocycles. The molecule has 0 radical (unpaired) electrons. The minimum atomic E-state index is 0.138. The van der Waals surface area contributed by atoms with E-state index in [-0.39, 0.29) is 5.41 Å². The molecule has 1 fully saturated rings. The van der Waals surface area contributed by atoms with Crippen LogP contribution in [0.15, 0.2) is 0 Å². The Morgan fingerprint density at radius 2 is 1.94 bits per heavy atom. The highest BCUT2D eigenvalue weighted by Gasteiger charge is 2.25. The summed E-state index contributed by atoms with van der Waals surface area (Å²) in [6.07, 6.45) is 2.62. The lowest BCUT2D eigenvalue weighted by atomic mass is 9.91. The van der Waals surface area contributed by atoms with E-state index < -0.39 is 0 Å². The number of thiazole rings is 1. The van der Waals surface area contributed by atoms with Crippen LogP contribution in [-0.4, -0.2) is 24.6 Å². The zero-order valence-corrected chi connectivity index (χ0v) is 12.9. The molecular formula is C14H25N3S. The fraction of sp³-hybridized carbons (Fsp3) is 0.786. The normalized spacial score (nSPS) is 16.6. The van der Waals surface area contributed by atoms with Gasteiger partial charge in [-0.15, -0.1) is 11.3 Å². The van der Waals surface area contributed by atoms with Crippen LogP contribution in [-0.2, 0) is 12.0 Å². The lowest BCUT2D eigenvalue weighted by molar-refractivity contribution is 0.560. The highest BCUT2D eigenvalue weighted by atomic mass is 32.1. The van der Waals surface area contributed by atoms with Gasteiger partial charge in [0.25, 0.3) is 0 Å². The van der Waals surface area contributed by atoms with E-state index in [9.17, 15) is 0 Å². The van der Waals surface area contributed by atoms with Gasteiger partial charge in [0.2, 0.25) is 0 Å². The summed E-state index contributed by atoms with van der Waals surface area (Å²) in [6, 6.07) is 0. The molecule has 2 rings (SSSR count). The Morgan fingerprint density at radius 1 is 1.28 bits per heavy atom. The SMILES string of the molecule is CCNCc1sc(N2CCCC2)nc1C(C)(C)C. The zero-order chi connectivity index (χ0) is 13.2. The molecule has 1 N–H and O–H groups in total. The molecule has 0 spiro atoms. The first-order valence-corrected chi connectivity index (χ1v) is 7.80. The summed E-state index contributed by atoms with van der Waals surface area (Å²) in [4.78, 5) is 8.77. The summed E-state index contributed by atoms with van der Waals surface area (Å²) >= 11 is 1.88. The molecule has 0 aromatic carbocycles. The average molecular weight is 267 g/mol. The van der Waals surface area contributed by atoms with Gasteiger partial charge in [0, 0.05) is 29.9 Å². The maximum absolute atomic E-state index is 4.92. The second-order valence-electron chi connectivity index (χ2n) is 5.99. The lowest BCUT2D eigenvalue weighted by Gasteiger charge is -2.18. The molecule has 102 valence electrons. The Labute approximate surface area is 115 Å². The summed E-state index contributed by atoms with van der Waals surface area (Å²) in [5.41, 5.74) is 1.41. The van der Waals surface area contributed by atoms with Crippen LogP contribution in [0.25, 0.3) is 0 Å². The third-order valence-electron chi connectivity index (χ3n) is 3.31. The van der Waals surface area contributed by atoms with Gasteiger partial charge in [-0.05, 0) is 19.4 Å². The fourth-order valence-electron chi connectivity index (χ4n) is 2.33. The van der Waals surface area contributed by atoms with Crippen LogP contribution in [0.5, 0.6) is 0 Å². The minimum Gasteiger partial charge on any atom is -0.348 e. The maximum Gasteiger partial charge on any atom is 0.185 e. The molecule has 4 heteroatoms. The number of hydrogen-bond donors (Lipinski definition) is 1. The molecule has 0 saturated carbocycles. The first-order valence-electron chi connectivity index (χ1n) is 6.98. The third kappa shape index (κ3) is 3.04. The van der Waals surface area contributed by atoms with E-state index in [1.165, 1.54) is 41.6 Å². The Balaban J connectivity index is 2.24. The van der Waals surface area contributed by atoms with Crippen molar-refractivity contribution in [2.45, 2.75) is 52.5 Å². The zero-order valence-electron chi connectivity index (χ0n) is 12.0. The van der Waals surface area contributed by atoms with E-state index in [0.29, 0.717) is 0 Å². The molecule has 18 heavy (non-hydrogen) atoms. The van der Waals surface area contributed by atoms with Crippen LogP contribution in [0.3, 0.4) is 0 Å². The predicted molar refractivity (Wildman–Crippen MR) is 79.6 cm³/mol. The van der Waals surface area contributed by atoms with Gasteiger partial charge >= 0.3 is 0 Å². The highest BCUT2D eigenvalue weighted by molar-refractivity contribution is 7.15. The number of nitrogens with zero attached hydrogens (tertiary/aromatic N) is 2. The number of rotatable bonds is 4. The summed E-state index contributed by atoms with van der Waals surface area (Å²) in [5.74, 6) is 0. The van der Waals surface area contributed by atoms with E-state index in [2.05, 4.69) is 37.9 Å². The van der Waals surface area contributed by atoms with E-state index in [4.69, 9.17) is 4.98 Å². The van der Waals surface area contributed by atoms with Crippen molar-refractivity contribution in [2.24, 2.45) is 0 Å². The van der Waals surface area contributed by atoms with E-state index in [1.807, 2.05) is 11.3 Å². The quantitative estimate of drug-likeness (QED) is 0.908. The molecule has 0 bridgehead atoms. The van der Waals surface area contributed by atoms with Gasteiger partial charge in [0.15, 0.2) is 5.13 Å². The van der Waals surface area contributed by atoms with Crippen molar-refractivity contribution < 1.29 is 0 Å². The number of hydrogen-bond acceptors (Lipinski definition) is 4. The maximum atomic E-state index is 4.92. The molecule has 1 aromatic rings. The Morgan fingerprint density at radius 3 is 2.50 bits per heavy atom. The summed E-state index contributed by atoms with van der Waals surface area (Å²) in [7, 11) is 0. The molecule has 0 unspecified atom stereocenters. The van der Waals surface area contributed by atoms with Gasteiger partial charge in [-0.3, -0.25) is 0 Å². The van der Waals surface area contributed by atoms with E-state index >= 15 is 0 Å². The van der Waals surface area contributed by atoms with Crippen molar-refractivity contribution >= 4 is 16.5 Å². The summed E-state index contributed by atoms with van der Waals surface area (Å²) in [6.45, 7) is 13.2. The van der Waals surface area contributed by atoms with Gasteiger partial charge in [-0.2, -0.15) is 0 Å². The first-order chi connectivity index (χ1) is 8.52.